The Morgan fingerprint density at radius 3 is 3.06 bits per heavy atom. The predicted molar refractivity (Wildman–Crippen MR) is 63.4 cm³/mol. The molecule has 6 heteroatoms. The van der Waals surface area contributed by atoms with Gasteiger partial charge in [-0.2, -0.15) is 5.10 Å². The highest BCUT2D eigenvalue weighted by Gasteiger charge is 2.03. The van der Waals surface area contributed by atoms with Gasteiger partial charge in [-0.3, -0.25) is 0 Å². The molecular formula is C10H15N5S. The van der Waals surface area contributed by atoms with Crippen molar-refractivity contribution in [2.45, 2.75) is 26.9 Å². The summed E-state index contributed by atoms with van der Waals surface area (Å²) in [5.41, 5.74) is 1.06. The summed E-state index contributed by atoms with van der Waals surface area (Å²) in [4.78, 5) is 8.61. The summed E-state index contributed by atoms with van der Waals surface area (Å²) in [7, 11) is 0. The highest BCUT2D eigenvalue weighted by atomic mass is 32.1. The fourth-order valence-corrected chi connectivity index (χ4v) is 2.10. The molecule has 5 nitrogen and oxygen atoms in total. The summed E-state index contributed by atoms with van der Waals surface area (Å²) < 4.78 is 1.82. The maximum atomic E-state index is 4.39. The van der Waals surface area contributed by atoms with Crippen molar-refractivity contribution in [1.82, 2.24) is 25.1 Å². The highest BCUT2D eigenvalue weighted by molar-refractivity contribution is 7.09. The third kappa shape index (κ3) is 2.86. The maximum absolute atomic E-state index is 4.39. The Morgan fingerprint density at radius 2 is 2.38 bits per heavy atom. The molecule has 86 valence electrons. The lowest BCUT2D eigenvalue weighted by atomic mass is 10.6. The van der Waals surface area contributed by atoms with Crippen molar-refractivity contribution < 1.29 is 0 Å². The quantitative estimate of drug-likeness (QED) is 0.849. The molecule has 0 aliphatic heterocycles. The summed E-state index contributed by atoms with van der Waals surface area (Å²) in [6, 6.07) is 0. The first kappa shape index (κ1) is 11.2. The zero-order chi connectivity index (χ0) is 11.4. The van der Waals surface area contributed by atoms with Gasteiger partial charge in [0.05, 0.1) is 13.1 Å². The first-order chi connectivity index (χ1) is 7.78. The molecule has 0 unspecified atom stereocenters. The Labute approximate surface area is 98.5 Å². The summed E-state index contributed by atoms with van der Waals surface area (Å²) in [5.74, 6) is 0.829. The molecule has 0 fully saturated rings. The Morgan fingerprint density at radius 1 is 1.50 bits per heavy atom. The average Bonchev–Trinajstić information content (AvgIpc) is 2.86. The number of rotatable bonds is 5. The fraction of sp³-hybridized carbons (Fsp3) is 0.500. The topological polar surface area (TPSA) is 55.6 Å². The summed E-state index contributed by atoms with van der Waals surface area (Å²) in [6.45, 7) is 6.42. The molecule has 0 spiro atoms. The third-order valence-electron chi connectivity index (χ3n) is 2.08. The van der Waals surface area contributed by atoms with E-state index in [1.165, 1.54) is 0 Å². The Kier molecular flexibility index (Phi) is 3.63. The van der Waals surface area contributed by atoms with Crippen LogP contribution in [-0.2, 0) is 13.1 Å². The van der Waals surface area contributed by atoms with Gasteiger partial charge in [-0.05, 0) is 13.5 Å². The molecular weight excluding hydrogens is 222 g/mol. The van der Waals surface area contributed by atoms with Crippen LogP contribution in [0.15, 0.2) is 11.7 Å². The van der Waals surface area contributed by atoms with Crippen LogP contribution in [0.4, 0.5) is 0 Å². The average molecular weight is 237 g/mol. The second kappa shape index (κ2) is 5.18. The van der Waals surface area contributed by atoms with Gasteiger partial charge in [-0.15, -0.1) is 11.3 Å². The van der Waals surface area contributed by atoms with Gasteiger partial charge in [0.2, 0.25) is 0 Å². The number of nitrogens with one attached hydrogen (secondary N) is 1. The van der Waals surface area contributed by atoms with Crippen LogP contribution in [-0.4, -0.2) is 26.3 Å². The molecule has 0 atom stereocenters. The molecule has 0 aliphatic rings. The van der Waals surface area contributed by atoms with Crippen LogP contribution in [0.3, 0.4) is 0 Å². The normalized spacial score (nSPS) is 10.9. The van der Waals surface area contributed by atoms with Gasteiger partial charge in [0.25, 0.3) is 0 Å². The lowest BCUT2D eigenvalue weighted by molar-refractivity contribution is 0.641. The van der Waals surface area contributed by atoms with E-state index in [4.69, 9.17) is 0 Å². The molecule has 0 saturated heterocycles. The standard InChI is InChI=1S/C10H15N5S/c1-3-11-4-9-12-7-15(14-9)5-10-13-8(2)6-16-10/h6-7,11H,3-5H2,1-2H3. The van der Waals surface area contributed by atoms with E-state index in [1.54, 1.807) is 17.7 Å². The fourth-order valence-electron chi connectivity index (χ4n) is 1.34. The first-order valence-corrected chi connectivity index (χ1v) is 6.16. The summed E-state index contributed by atoms with van der Waals surface area (Å²) in [6.07, 6.45) is 1.75. The molecule has 2 aromatic rings. The Hall–Kier alpha value is -1.27. The van der Waals surface area contributed by atoms with E-state index in [2.05, 4.69) is 27.3 Å². The lowest BCUT2D eigenvalue weighted by Gasteiger charge is -1.96. The first-order valence-electron chi connectivity index (χ1n) is 5.28. The van der Waals surface area contributed by atoms with E-state index >= 15 is 0 Å². The van der Waals surface area contributed by atoms with Gasteiger partial charge < -0.3 is 5.32 Å². The van der Waals surface area contributed by atoms with Gasteiger partial charge in [0.15, 0.2) is 5.82 Å². The smallest absolute Gasteiger partial charge is 0.164 e. The zero-order valence-electron chi connectivity index (χ0n) is 9.47. The molecule has 2 rings (SSSR count). The third-order valence-corrected chi connectivity index (χ3v) is 3.03. The predicted octanol–water partition coefficient (Wildman–Crippen LogP) is 1.20. The van der Waals surface area contributed by atoms with E-state index in [-0.39, 0.29) is 0 Å². The molecule has 2 heterocycles. The lowest BCUT2D eigenvalue weighted by Crippen LogP contribution is -2.13. The van der Waals surface area contributed by atoms with Crippen molar-refractivity contribution in [2.75, 3.05) is 6.54 Å². The minimum absolute atomic E-state index is 0.706. The molecule has 0 aliphatic carbocycles. The minimum atomic E-state index is 0.706. The second-order valence-corrected chi connectivity index (χ2v) is 4.46. The van der Waals surface area contributed by atoms with Crippen LogP contribution >= 0.6 is 11.3 Å². The van der Waals surface area contributed by atoms with Gasteiger partial charge in [-0.1, -0.05) is 6.92 Å². The van der Waals surface area contributed by atoms with E-state index in [0.29, 0.717) is 6.54 Å². The van der Waals surface area contributed by atoms with Gasteiger partial charge in [0, 0.05) is 11.1 Å². The molecule has 0 bridgehead atoms. The number of aryl methyl sites for hydroxylation is 1. The van der Waals surface area contributed by atoms with E-state index in [9.17, 15) is 0 Å². The molecule has 0 aromatic carbocycles. The molecule has 0 radical (unpaired) electrons. The van der Waals surface area contributed by atoms with Gasteiger partial charge in [0.1, 0.15) is 11.3 Å². The van der Waals surface area contributed by atoms with Crippen molar-refractivity contribution in [3.05, 3.63) is 28.2 Å². The van der Waals surface area contributed by atoms with Gasteiger partial charge >= 0.3 is 0 Å². The van der Waals surface area contributed by atoms with Gasteiger partial charge in [-0.25, -0.2) is 14.6 Å². The summed E-state index contributed by atoms with van der Waals surface area (Å²) >= 11 is 1.66. The number of thiazole rings is 1. The van der Waals surface area contributed by atoms with Crippen LogP contribution in [0, 0.1) is 6.92 Å². The van der Waals surface area contributed by atoms with Crippen molar-refractivity contribution in [3.8, 4) is 0 Å². The molecule has 0 amide bonds. The van der Waals surface area contributed by atoms with Crippen molar-refractivity contribution >= 4 is 11.3 Å². The molecule has 16 heavy (non-hydrogen) atoms. The van der Waals surface area contributed by atoms with E-state index in [1.807, 2.05) is 17.0 Å². The van der Waals surface area contributed by atoms with Crippen LogP contribution in [0.5, 0.6) is 0 Å². The number of aromatic nitrogens is 4. The largest absolute Gasteiger partial charge is 0.310 e. The van der Waals surface area contributed by atoms with Crippen LogP contribution in [0.25, 0.3) is 0 Å². The molecule has 0 saturated carbocycles. The molecule has 2 aromatic heterocycles. The van der Waals surface area contributed by atoms with Crippen LogP contribution in [0.2, 0.25) is 0 Å². The van der Waals surface area contributed by atoms with Crippen molar-refractivity contribution in [3.63, 3.8) is 0 Å². The number of hydrogen-bond acceptors (Lipinski definition) is 5. The zero-order valence-corrected chi connectivity index (χ0v) is 10.3. The number of nitrogens with zero attached hydrogens (tertiary/aromatic N) is 4. The SMILES string of the molecule is CCNCc1ncn(Cc2nc(C)cs2)n1. The number of hydrogen-bond donors (Lipinski definition) is 1. The van der Waals surface area contributed by atoms with Crippen molar-refractivity contribution in [1.29, 1.82) is 0 Å². The maximum Gasteiger partial charge on any atom is 0.164 e. The van der Waals surface area contributed by atoms with E-state index in [0.717, 1.165) is 29.6 Å². The molecule has 1 N–H and O–H groups in total. The second-order valence-electron chi connectivity index (χ2n) is 3.52. The minimum Gasteiger partial charge on any atom is -0.310 e. The monoisotopic (exact) mass is 237 g/mol. The summed E-state index contributed by atoms with van der Waals surface area (Å²) in [5, 5.41) is 10.7. The van der Waals surface area contributed by atoms with E-state index < -0.39 is 0 Å². The van der Waals surface area contributed by atoms with Crippen LogP contribution in [0.1, 0.15) is 23.4 Å². The highest BCUT2D eigenvalue weighted by Crippen LogP contribution is 2.09. The van der Waals surface area contributed by atoms with Crippen molar-refractivity contribution in [2.24, 2.45) is 0 Å². The Bertz CT molecular complexity index is 448. The Balaban J connectivity index is 1.97. The van der Waals surface area contributed by atoms with Crippen LogP contribution < -0.4 is 5.32 Å².